The van der Waals surface area contributed by atoms with Gasteiger partial charge in [-0.25, -0.2) is 0 Å². The van der Waals surface area contributed by atoms with Gasteiger partial charge in [-0.15, -0.1) is 0 Å². The second kappa shape index (κ2) is 6.30. The lowest BCUT2D eigenvalue weighted by molar-refractivity contribution is -0.239. The first-order valence-electron chi connectivity index (χ1n) is 6.60. The highest BCUT2D eigenvalue weighted by atomic mass is 16.6. The summed E-state index contributed by atoms with van der Waals surface area (Å²) in [6, 6.07) is 0. The zero-order valence-corrected chi connectivity index (χ0v) is 11.7. The van der Waals surface area contributed by atoms with Gasteiger partial charge in [0.15, 0.2) is 0 Å². The van der Waals surface area contributed by atoms with Gasteiger partial charge in [-0.1, -0.05) is 13.3 Å². The minimum atomic E-state index is -1.18. The Morgan fingerprint density at radius 3 is 2.06 bits per heavy atom. The van der Waals surface area contributed by atoms with Crippen molar-refractivity contribution in [2.75, 3.05) is 6.61 Å². The quantitative estimate of drug-likeness (QED) is 0.685. The number of hydrogen-bond acceptors (Lipinski definition) is 5. The molecule has 1 fully saturated rings. The van der Waals surface area contributed by atoms with Crippen LogP contribution in [0.2, 0.25) is 0 Å². The smallest absolute Gasteiger partial charge is 0.111 e. The Kier molecular flexibility index (Phi) is 5.55. The molecular formula is C13H26O5. The molecule has 18 heavy (non-hydrogen) atoms. The monoisotopic (exact) mass is 262 g/mol. The first-order valence-corrected chi connectivity index (χ1v) is 6.60. The predicted molar refractivity (Wildman–Crippen MR) is 67.3 cm³/mol. The molecule has 0 aliphatic carbocycles. The van der Waals surface area contributed by atoms with E-state index in [4.69, 9.17) is 9.47 Å². The van der Waals surface area contributed by atoms with Crippen molar-refractivity contribution in [2.45, 2.75) is 76.7 Å². The molecule has 1 heterocycles. The van der Waals surface area contributed by atoms with E-state index in [2.05, 4.69) is 0 Å². The molecule has 0 saturated carbocycles. The van der Waals surface area contributed by atoms with E-state index < -0.39 is 30.5 Å². The van der Waals surface area contributed by atoms with Gasteiger partial charge in [-0.05, 0) is 27.2 Å². The van der Waals surface area contributed by atoms with Crippen LogP contribution in [0.1, 0.15) is 40.5 Å². The second-order valence-electron chi connectivity index (χ2n) is 5.90. The molecule has 108 valence electrons. The van der Waals surface area contributed by atoms with Crippen LogP contribution in [0.15, 0.2) is 0 Å². The van der Waals surface area contributed by atoms with E-state index in [-0.39, 0.29) is 12.2 Å². The number of hydrogen-bond donors (Lipinski definition) is 3. The molecule has 5 atom stereocenters. The largest absolute Gasteiger partial charge is 0.388 e. The Hall–Kier alpha value is -0.200. The molecule has 0 amide bonds. The zero-order valence-electron chi connectivity index (χ0n) is 11.7. The highest BCUT2D eigenvalue weighted by molar-refractivity contribution is 4.92. The normalized spacial score (nSPS) is 37.8. The fraction of sp³-hybridized carbons (Fsp3) is 1.00. The third kappa shape index (κ3) is 4.17. The van der Waals surface area contributed by atoms with Crippen LogP contribution in [0.3, 0.4) is 0 Å². The van der Waals surface area contributed by atoms with Crippen LogP contribution in [0.4, 0.5) is 0 Å². The molecule has 0 radical (unpaired) electrons. The maximum absolute atomic E-state index is 9.88. The van der Waals surface area contributed by atoms with Crippen LogP contribution in [0.5, 0.6) is 0 Å². The molecule has 0 bridgehead atoms. The Balaban J connectivity index is 2.61. The van der Waals surface area contributed by atoms with E-state index in [1.54, 1.807) is 0 Å². The van der Waals surface area contributed by atoms with E-state index in [1.165, 1.54) is 0 Å². The number of aliphatic hydroxyl groups excluding tert-OH is 3. The van der Waals surface area contributed by atoms with Crippen molar-refractivity contribution in [1.82, 2.24) is 0 Å². The molecule has 0 aromatic carbocycles. The van der Waals surface area contributed by atoms with Gasteiger partial charge in [0.05, 0.1) is 18.3 Å². The topological polar surface area (TPSA) is 79.2 Å². The molecule has 3 N–H and O–H groups in total. The van der Waals surface area contributed by atoms with Gasteiger partial charge < -0.3 is 24.8 Å². The van der Waals surface area contributed by atoms with Gasteiger partial charge >= 0.3 is 0 Å². The molecule has 5 nitrogen and oxygen atoms in total. The summed E-state index contributed by atoms with van der Waals surface area (Å²) in [5.41, 5.74) is -0.329. The van der Waals surface area contributed by atoms with E-state index in [9.17, 15) is 15.3 Å². The fourth-order valence-corrected chi connectivity index (χ4v) is 2.02. The van der Waals surface area contributed by atoms with Crippen LogP contribution in [0.25, 0.3) is 0 Å². The summed E-state index contributed by atoms with van der Waals surface area (Å²) >= 11 is 0. The first-order chi connectivity index (χ1) is 8.26. The Morgan fingerprint density at radius 2 is 1.56 bits per heavy atom. The predicted octanol–water partition coefficient (Wildman–Crippen LogP) is 0.452. The van der Waals surface area contributed by atoms with E-state index in [0.29, 0.717) is 6.42 Å². The molecule has 5 unspecified atom stereocenters. The molecule has 1 rings (SSSR count). The lowest BCUT2D eigenvalue weighted by Gasteiger charge is -2.41. The summed E-state index contributed by atoms with van der Waals surface area (Å²) in [5.74, 6) is 0. The SMILES string of the molecule is CCCC1OC(COC(C)(C)C)C(O)C(O)C1O. The highest BCUT2D eigenvalue weighted by Gasteiger charge is 2.43. The molecular weight excluding hydrogens is 236 g/mol. The van der Waals surface area contributed by atoms with Gasteiger partial charge in [0.1, 0.15) is 24.4 Å². The van der Waals surface area contributed by atoms with Crippen LogP contribution in [-0.4, -0.2) is 58.0 Å². The minimum Gasteiger partial charge on any atom is -0.388 e. The minimum absolute atomic E-state index is 0.203. The second-order valence-corrected chi connectivity index (χ2v) is 5.90. The van der Waals surface area contributed by atoms with Crippen molar-refractivity contribution < 1.29 is 24.8 Å². The van der Waals surface area contributed by atoms with Crippen molar-refractivity contribution >= 4 is 0 Å². The van der Waals surface area contributed by atoms with Crippen LogP contribution < -0.4 is 0 Å². The van der Waals surface area contributed by atoms with E-state index in [0.717, 1.165) is 6.42 Å². The van der Waals surface area contributed by atoms with Crippen molar-refractivity contribution in [3.8, 4) is 0 Å². The molecule has 1 aliphatic rings. The highest BCUT2D eigenvalue weighted by Crippen LogP contribution is 2.25. The molecule has 5 heteroatoms. The average molecular weight is 262 g/mol. The molecule has 1 saturated heterocycles. The molecule has 0 spiro atoms. The lowest BCUT2D eigenvalue weighted by atomic mass is 9.93. The van der Waals surface area contributed by atoms with Gasteiger partial charge in [0, 0.05) is 0 Å². The maximum atomic E-state index is 9.88. The van der Waals surface area contributed by atoms with Crippen LogP contribution in [-0.2, 0) is 9.47 Å². The van der Waals surface area contributed by atoms with Gasteiger partial charge in [-0.3, -0.25) is 0 Å². The van der Waals surface area contributed by atoms with Gasteiger partial charge in [-0.2, -0.15) is 0 Å². The average Bonchev–Trinajstić information content (AvgIpc) is 2.27. The summed E-state index contributed by atoms with van der Waals surface area (Å²) < 4.78 is 11.2. The van der Waals surface area contributed by atoms with E-state index in [1.807, 2.05) is 27.7 Å². The summed E-state index contributed by atoms with van der Waals surface area (Å²) in [6.07, 6.45) is -2.87. The summed E-state index contributed by atoms with van der Waals surface area (Å²) in [4.78, 5) is 0. The van der Waals surface area contributed by atoms with Crippen LogP contribution >= 0.6 is 0 Å². The van der Waals surface area contributed by atoms with Crippen molar-refractivity contribution in [3.05, 3.63) is 0 Å². The van der Waals surface area contributed by atoms with Gasteiger partial charge in [0.25, 0.3) is 0 Å². The van der Waals surface area contributed by atoms with Gasteiger partial charge in [0.2, 0.25) is 0 Å². The third-order valence-corrected chi connectivity index (χ3v) is 3.07. The van der Waals surface area contributed by atoms with Crippen molar-refractivity contribution in [1.29, 1.82) is 0 Å². The molecule has 0 aromatic rings. The number of ether oxygens (including phenoxy) is 2. The molecule has 1 aliphatic heterocycles. The van der Waals surface area contributed by atoms with E-state index >= 15 is 0 Å². The van der Waals surface area contributed by atoms with Crippen molar-refractivity contribution in [2.24, 2.45) is 0 Å². The zero-order chi connectivity index (χ0) is 13.9. The van der Waals surface area contributed by atoms with Crippen molar-refractivity contribution in [3.63, 3.8) is 0 Å². The maximum Gasteiger partial charge on any atom is 0.111 e. The summed E-state index contributed by atoms with van der Waals surface area (Å²) in [7, 11) is 0. The number of aliphatic hydroxyl groups is 3. The molecule has 0 aromatic heterocycles. The fourth-order valence-electron chi connectivity index (χ4n) is 2.02. The summed E-state index contributed by atoms with van der Waals surface area (Å²) in [5, 5.41) is 29.5. The third-order valence-electron chi connectivity index (χ3n) is 3.07. The Bertz CT molecular complexity index is 250. The number of rotatable bonds is 4. The van der Waals surface area contributed by atoms with Crippen LogP contribution in [0, 0.1) is 0 Å². The lowest BCUT2D eigenvalue weighted by Crippen LogP contribution is -2.58. The standard InChI is InChI=1S/C13H26O5/c1-5-6-8-10(14)12(16)11(15)9(18-8)7-17-13(2,3)4/h8-12,14-16H,5-7H2,1-4H3. The Morgan fingerprint density at radius 1 is 1.00 bits per heavy atom. The first kappa shape index (κ1) is 15.9. The summed E-state index contributed by atoms with van der Waals surface area (Å²) in [6.45, 7) is 7.92. The Labute approximate surface area is 109 Å².